The maximum Gasteiger partial charge on any atom is 0.137 e. The van der Waals surface area contributed by atoms with Gasteiger partial charge in [-0.2, -0.15) is 0 Å². The summed E-state index contributed by atoms with van der Waals surface area (Å²) in [6.07, 6.45) is 9.39. The van der Waals surface area contributed by atoms with Crippen LogP contribution in [0.25, 0.3) is 0 Å². The lowest BCUT2D eigenvalue weighted by Crippen LogP contribution is -2.27. The summed E-state index contributed by atoms with van der Waals surface area (Å²) in [5.74, 6) is 1.24. The fourth-order valence-electron chi connectivity index (χ4n) is 3.16. The van der Waals surface area contributed by atoms with Gasteiger partial charge >= 0.3 is 0 Å². The molecule has 1 aliphatic heterocycles. The molecule has 19 heavy (non-hydrogen) atoms. The molecular weight excluding hydrogens is 262 g/mol. The Kier molecular flexibility index (Phi) is 3.94. The summed E-state index contributed by atoms with van der Waals surface area (Å²) in [7, 11) is 0. The van der Waals surface area contributed by atoms with Crippen molar-refractivity contribution in [2.45, 2.75) is 56.1 Å². The highest BCUT2D eigenvalue weighted by Gasteiger charge is 2.42. The van der Waals surface area contributed by atoms with Gasteiger partial charge < -0.3 is 9.47 Å². The molecule has 1 saturated carbocycles. The van der Waals surface area contributed by atoms with Gasteiger partial charge in [-0.15, -0.1) is 11.6 Å². The van der Waals surface area contributed by atoms with Crippen LogP contribution in [0, 0.1) is 0 Å². The van der Waals surface area contributed by atoms with Gasteiger partial charge in [-0.05, 0) is 37.8 Å². The minimum atomic E-state index is 0.189. The predicted octanol–water partition coefficient (Wildman–Crippen LogP) is 3.69. The lowest BCUT2D eigenvalue weighted by Gasteiger charge is -2.23. The molecular formula is C15H20ClNO2. The second kappa shape index (κ2) is 5.68. The SMILES string of the molecule is ClCc1ccc(OCC2CCC3(CCCC3)O2)cn1. The van der Waals surface area contributed by atoms with Crippen molar-refractivity contribution in [1.82, 2.24) is 4.98 Å². The van der Waals surface area contributed by atoms with Crippen molar-refractivity contribution in [2.24, 2.45) is 0 Å². The third kappa shape index (κ3) is 3.03. The first-order chi connectivity index (χ1) is 9.30. The Hall–Kier alpha value is -0.800. The molecule has 2 aliphatic rings. The molecule has 0 N–H and O–H groups in total. The molecule has 0 amide bonds. The highest BCUT2D eigenvalue weighted by atomic mass is 35.5. The van der Waals surface area contributed by atoms with Crippen LogP contribution in [-0.2, 0) is 10.6 Å². The Labute approximate surface area is 119 Å². The molecule has 1 unspecified atom stereocenters. The molecule has 1 aromatic rings. The zero-order valence-electron chi connectivity index (χ0n) is 11.1. The number of pyridine rings is 1. The molecule has 104 valence electrons. The van der Waals surface area contributed by atoms with E-state index in [0.29, 0.717) is 12.5 Å². The van der Waals surface area contributed by atoms with Crippen molar-refractivity contribution in [3.8, 4) is 5.75 Å². The van der Waals surface area contributed by atoms with Gasteiger partial charge in [0.1, 0.15) is 12.4 Å². The van der Waals surface area contributed by atoms with Gasteiger partial charge in [0.15, 0.2) is 0 Å². The van der Waals surface area contributed by atoms with E-state index in [4.69, 9.17) is 21.1 Å². The van der Waals surface area contributed by atoms with E-state index in [1.165, 1.54) is 32.1 Å². The van der Waals surface area contributed by atoms with E-state index in [1.54, 1.807) is 6.20 Å². The monoisotopic (exact) mass is 281 g/mol. The van der Waals surface area contributed by atoms with Crippen LogP contribution in [0.15, 0.2) is 18.3 Å². The number of nitrogens with zero attached hydrogens (tertiary/aromatic N) is 1. The van der Waals surface area contributed by atoms with Crippen molar-refractivity contribution in [3.05, 3.63) is 24.0 Å². The Bertz CT molecular complexity index is 415. The maximum atomic E-state index is 6.21. The van der Waals surface area contributed by atoms with E-state index in [0.717, 1.165) is 17.9 Å². The Morgan fingerprint density at radius 1 is 1.32 bits per heavy atom. The normalized spacial score (nSPS) is 25.0. The first-order valence-electron chi connectivity index (χ1n) is 7.11. The van der Waals surface area contributed by atoms with Crippen LogP contribution in [0.1, 0.15) is 44.2 Å². The highest BCUT2D eigenvalue weighted by molar-refractivity contribution is 6.16. The van der Waals surface area contributed by atoms with Crippen molar-refractivity contribution in [1.29, 1.82) is 0 Å². The molecule has 4 heteroatoms. The van der Waals surface area contributed by atoms with Crippen LogP contribution in [0.4, 0.5) is 0 Å². The van der Waals surface area contributed by atoms with Crippen LogP contribution < -0.4 is 4.74 Å². The second-order valence-electron chi connectivity index (χ2n) is 5.60. The van der Waals surface area contributed by atoms with Gasteiger partial charge in [0.05, 0.1) is 29.5 Å². The summed E-state index contributed by atoms with van der Waals surface area (Å²) < 4.78 is 12.0. The van der Waals surface area contributed by atoms with Gasteiger partial charge in [0, 0.05) is 0 Å². The smallest absolute Gasteiger partial charge is 0.137 e. The zero-order valence-corrected chi connectivity index (χ0v) is 11.9. The van der Waals surface area contributed by atoms with E-state index in [2.05, 4.69) is 4.98 Å². The largest absolute Gasteiger partial charge is 0.489 e. The average Bonchev–Trinajstić information content (AvgIpc) is 3.08. The molecule has 3 rings (SSSR count). The van der Waals surface area contributed by atoms with Crippen LogP contribution in [0.3, 0.4) is 0 Å². The predicted molar refractivity (Wildman–Crippen MR) is 74.6 cm³/mol. The quantitative estimate of drug-likeness (QED) is 0.789. The third-order valence-corrected chi connectivity index (χ3v) is 4.50. The van der Waals surface area contributed by atoms with Crippen LogP contribution >= 0.6 is 11.6 Å². The summed E-state index contributed by atoms with van der Waals surface area (Å²) >= 11 is 5.71. The first-order valence-corrected chi connectivity index (χ1v) is 7.65. The maximum absolute atomic E-state index is 6.21. The van der Waals surface area contributed by atoms with Gasteiger partial charge in [-0.3, -0.25) is 4.98 Å². The molecule has 0 radical (unpaired) electrons. The summed E-state index contributed by atoms with van der Waals surface area (Å²) in [5, 5.41) is 0. The fraction of sp³-hybridized carbons (Fsp3) is 0.667. The Morgan fingerprint density at radius 3 is 2.84 bits per heavy atom. The molecule has 1 saturated heterocycles. The molecule has 3 nitrogen and oxygen atoms in total. The molecule has 0 aromatic carbocycles. The number of hydrogen-bond acceptors (Lipinski definition) is 3. The topological polar surface area (TPSA) is 31.4 Å². The van der Waals surface area contributed by atoms with Crippen molar-refractivity contribution in [3.63, 3.8) is 0 Å². The highest BCUT2D eigenvalue weighted by Crippen LogP contribution is 2.43. The summed E-state index contributed by atoms with van der Waals surface area (Å²) in [4.78, 5) is 4.22. The number of halogens is 1. The minimum absolute atomic E-state index is 0.189. The van der Waals surface area contributed by atoms with E-state index in [9.17, 15) is 0 Å². The summed E-state index contributed by atoms with van der Waals surface area (Å²) in [6, 6.07) is 3.82. The molecule has 0 bridgehead atoms. The molecule has 1 aliphatic carbocycles. The summed E-state index contributed by atoms with van der Waals surface area (Å²) in [5.41, 5.74) is 1.06. The van der Waals surface area contributed by atoms with Crippen molar-refractivity contribution in [2.75, 3.05) is 6.61 Å². The van der Waals surface area contributed by atoms with Gasteiger partial charge in [0.25, 0.3) is 0 Å². The Morgan fingerprint density at radius 2 is 2.16 bits per heavy atom. The van der Waals surface area contributed by atoms with Crippen molar-refractivity contribution >= 4 is 11.6 Å². The molecule has 2 heterocycles. The van der Waals surface area contributed by atoms with E-state index < -0.39 is 0 Å². The number of hydrogen-bond donors (Lipinski definition) is 0. The second-order valence-corrected chi connectivity index (χ2v) is 5.87. The lowest BCUT2D eigenvalue weighted by atomic mass is 9.98. The number of rotatable bonds is 4. The van der Waals surface area contributed by atoms with E-state index in [-0.39, 0.29) is 11.7 Å². The first kappa shape index (κ1) is 13.2. The van der Waals surface area contributed by atoms with Crippen LogP contribution in [0.5, 0.6) is 5.75 Å². The molecule has 1 atom stereocenters. The Balaban J connectivity index is 1.49. The summed E-state index contributed by atoms with van der Waals surface area (Å²) in [6.45, 7) is 0.629. The number of ether oxygens (including phenoxy) is 2. The van der Waals surface area contributed by atoms with Crippen LogP contribution in [0.2, 0.25) is 0 Å². The fourth-order valence-corrected chi connectivity index (χ4v) is 3.32. The molecule has 1 spiro atoms. The minimum Gasteiger partial charge on any atom is -0.489 e. The third-order valence-electron chi connectivity index (χ3n) is 4.22. The van der Waals surface area contributed by atoms with Crippen molar-refractivity contribution < 1.29 is 9.47 Å². The van der Waals surface area contributed by atoms with Gasteiger partial charge in [-0.1, -0.05) is 12.8 Å². The van der Waals surface area contributed by atoms with Crippen LogP contribution in [-0.4, -0.2) is 23.3 Å². The van der Waals surface area contributed by atoms with E-state index >= 15 is 0 Å². The zero-order chi connectivity index (χ0) is 13.1. The van der Waals surface area contributed by atoms with Gasteiger partial charge in [0.2, 0.25) is 0 Å². The van der Waals surface area contributed by atoms with Gasteiger partial charge in [-0.25, -0.2) is 0 Å². The van der Waals surface area contributed by atoms with E-state index in [1.807, 2.05) is 12.1 Å². The number of aromatic nitrogens is 1. The average molecular weight is 282 g/mol. The number of alkyl halides is 1. The molecule has 2 fully saturated rings. The molecule has 1 aromatic heterocycles. The lowest BCUT2D eigenvalue weighted by molar-refractivity contribution is -0.0509. The standard InChI is InChI=1S/C15H20ClNO2/c16-9-12-3-4-13(10-17-12)18-11-14-5-8-15(19-14)6-1-2-7-15/h3-4,10,14H,1-2,5-9,11H2.